The van der Waals surface area contributed by atoms with Crippen molar-refractivity contribution in [2.75, 3.05) is 7.05 Å². The molecule has 0 atom stereocenters. The maximum absolute atomic E-state index is 6.20. The highest BCUT2D eigenvalue weighted by molar-refractivity contribution is 9.10. The van der Waals surface area contributed by atoms with Crippen molar-refractivity contribution in [1.29, 1.82) is 0 Å². The average Bonchev–Trinajstić information content (AvgIpc) is 2.68. The fraction of sp³-hybridized carbons (Fsp3) is 0.286. The van der Waals surface area contributed by atoms with Gasteiger partial charge in [-0.05, 0) is 43.8 Å². The molecule has 0 aliphatic carbocycles. The highest BCUT2D eigenvalue weighted by Crippen LogP contribution is 2.22. The molecule has 2 aromatic rings. The first-order valence-corrected chi connectivity index (χ1v) is 6.89. The predicted octanol–water partition coefficient (Wildman–Crippen LogP) is 4.64. The summed E-state index contributed by atoms with van der Waals surface area (Å²) in [6.07, 6.45) is 0. The first-order valence-electron chi connectivity index (χ1n) is 5.72. The minimum atomic E-state index is 0.778. The summed E-state index contributed by atoms with van der Waals surface area (Å²) in [5.41, 5.74) is 1.12. The van der Waals surface area contributed by atoms with Crippen LogP contribution in [0.1, 0.15) is 17.1 Å². The van der Waals surface area contributed by atoms with Crippen LogP contribution in [0.25, 0.3) is 0 Å². The standard InChI is InChI=1S/C14H15BrClNO/c1-10-3-6-13(18-10)9-17(2)8-11-4-5-12(15)7-14(11)16/h3-7H,8-9H2,1-2H3. The number of nitrogens with zero attached hydrogens (tertiary/aromatic N) is 1. The molecule has 2 rings (SSSR count). The van der Waals surface area contributed by atoms with Gasteiger partial charge >= 0.3 is 0 Å². The zero-order valence-electron chi connectivity index (χ0n) is 10.4. The molecule has 0 radical (unpaired) electrons. The summed E-state index contributed by atoms with van der Waals surface area (Å²) in [6.45, 7) is 3.53. The SMILES string of the molecule is Cc1ccc(CN(C)Cc2ccc(Br)cc2Cl)o1. The van der Waals surface area contributed by atoms with Gasteiger partial charge in [0.1, 0.15) is 11.5 Å². The Morgan fingerprint density at radius 2 is 2.00 bits per heavy atom. The number of furan rings is 1. The first kappa shape index (κ1) is 13.7. The maximum atomic E-state index is 6.20. The Labute approximate surface area is 121 Å². The van der Waals surface area contributed by atoms with Crippen molar-refractivity contribution < 1.29 is 4.42 Å². The largest absolute Gasteiger partial charge is 0.465 e. The van der Waals surface area contributed by atoms with Crippen LogP contribution in [0.4, 0.5) is 0 Å². The molecular weight excluding hydrogens is 314 g/mol. The molecule has 0 bridgehead atoms. The van der Waals surface area contributed by atoms with Gasteiger partial charge < -0.3 is 4.42 Å². The summed E-state index contributed by atoms with van der Waals surface area (Å²) in [7, 11) is 2.05. The minimum absolute atomic E-state index is 0.778. The van der Waals surface area contributed by atoms with Crippen LogP contribution in [0.15, 0.2) is 39.2 Å². The number of rotatable bonds is 4. The van der Waals surface area contributed by atoms with Crippen LogP contribution in [0.3, 0.4) is 0 Å². The summed E-state index contributed by atoms with van der Waals surface area (Å²) in [4.78, 5) is 2.17. The molecule has 1 aromatic carbocycles. The molecule has 4 heteroatoms. The lowest BCUT2D eigenvalue weighted by Gasteiger charge is -2.16. The Bertz CT molecular complexity index is 538. The molecule has 1 aromatic heterocycles. The van der Waals surface area contributed by atoms with Crippen molar-refractivity contribution in [2.45, 2.75) is 20.0 Å². The Morgan fingerprint density at radius 3 is 2.61 bits per heavy atom. The minimum Gasteiger partial charge on any atom is -0.465 e. The molecular formula is C14H15BrClNO. The third-order valence-electron chi connectivity index (χ3n) is 2.68. The molecule has 0 saturated carbocycles. The molecule has 0 saturated heterocycles. The Morgan fingerprint density at radius 1 is 1.22 bits per heavy atom. The van der Waals surface area contributed by atoms with Gasteiger partial charge in [0.2, 0.25) is 0 Å². The van der Waals surface area contributed by atoms with Gasteiger partial charge in [0.05, 0.1) is 6.54 Å². The lowest BCUT2D eigenvalue weighted by Crippen LogP contribution is -2.17. The molecule has 1 heterocycles. The summed E-state index contributed by atoms with van der Waals surface area (Å²) < 4.78 is 6.56. The van der Waals surface area contributed by atoms with E-state index in [1.165, 1.54) is 0 Å². The molecule has 18 heavy (non-hydrogen) atoms. The molecule has 0 amide bonds. The number of aryl methyl sites for hydroxylation is 1. The molecule has 0 fully saturated rings. The Balaban J connectivity index is 2.00. The average molecular weight is 329 g/mol. The van der Waals surface area contributed by atoms with Gasteiger partial charge in [0.25, 0.3) is 0 Å². The fourth-order valence-electron chi connectivity index (χ4n) is 1.83. The zero-order valence-corrected chi connectivity index (χ0v) is 12.8. The molecule has 0 unspecified atom stereocenters. The van der Waals surface area contributed by atoms with E-state index < -0.39 is 0 Å². The van der Waals surface area contributed by atoms with Crippen LogP contribution in [-0.4, -0.2) is 11.9 Å². The number of benzene rings is 1. The number of hydrogen-bond acceptors (Lipinski definition) is 2. The predicted molar refractivity (Wildman–Crippen MR) is 77.8 cm³/mol. The molecule has 96 valence electrons. The van der Waals surface area contributed by atoms with Crippen molar-refractivity contribution >= 4 is 27.5 Å². The van der Waals surface area contributed by atoms with Crippen LogP contribution in [0.2, 0.25) is 5.02 Å². The molecule has 0 aliphatic heterocycles. The Hall–Kier alpha value is -0.770. The second-order valence-corrected chi connectivity index (χ2v) is 5.74. The van der Waals surface area contributed by atoms with E-state index in [1.807, 2.05) is 37.3 Å². The van der Waals surface area contributed by atoms with Gasteiger partial charge in [-0.1, -0.05) is 33.6 Å². The summed E-state index contributed by atoms with van der Waals surface area (Å²) >= 11 is 9.61. The van der Waals surface area contributed by atoms with Gasteiger partial charge in [0.15, 0.2) is 0 Å². The van der Waals surface area contributed by atoms with E-state index in [0.717, 1.165) is 39.7 Å². The van der Waals surface area contributed by atoms with Crippen LogP contribution in [0, 0.1) is 6.92 Å². The fourth-order valence-corrected chi connectivity index (χ4v) is 2.57. The second kappa shape index (κ2) is 5.91. The highest BCUT2D eigenvalue weighted by atomic mass is 79.9. The van der Waals surface area contributed by atoms with Crippen LogP contribution in [0.5, 0.6) is 0 Å². The highest BCUT2D eigenvalue weighted by Gasteiger charge is 2.07. The van der Waals surface area contributed by atoms with E-state index >= 15 is 0 Å². The van der Waals surface area contributed by atoms with Crippen molar-refractivity contribution in [1.82, 2.24) is 4.90 Å². The smallest absolute Gasteiger partial charge is 0.118 e. The number of halogens is 2. The van der Waals surface area contributed by atoms with Gasteiger partial charge in [0, 0.05) is 16.0 Å². The van der Waals surface area contributed by atoms with E-state index in [4.69, 9.17) is 16.0 Å². The van der Waals surface area contributed by atoms with Crippen LogP contribution < -0.4 is 0 Å². The monoisotopic (exact) mass is 327 g/mol. The van der Waals surface area contributed by atoms with E-state index in [1.54, 1.807) is 0 Å². The van der Waals surface area contributed by atoms with Gasteiger partial charge in [-0.25, -0.2) is 0 Å². The first-order chi connectivity index (χ1) is 8.54. The topological polar surface area (TPSA) is 16.4 Å². The van der Waals surface area contributed by atoms with Gasteiger partial charge in [-0.15, -0.1) is 0 Å². The van der Waals surface area contributed by atoms with E-state index in [9.17, 15) is 0 Å². The van der Waals surface area contributed by atoms with E-state index in [-0.39, 0.29) is 0 Å². The van der Waals surface area contributed by atoms with Crippen LogP contribution in [-0.2, 0) is 13.1 Å². The second-order valence-electron chi connectivity index (χ2n) is 4.42. The van der Waals surface area contributed by atoms with Crippen molar-refractivity contribution in [3.8, 4) is 0 Å². The van der Waals surface area contributed by atoms with Crippen molar-refractivity contribution in [3.05, 3.63) is 56.9 Å². The summed E-state index contributed by atoms with van der Waals surface area (Å²) in [5.74, 6) is 1.92. The molecule has 0 spiro atoms. The molecule has 0 N–H and O–H groups in total. The molecule has 2 nitrogen and oxygen atoms in total. The van der Waals surface area contributed by atoms with Crippen molar-refractivity contribution in [2.24, 2.45) is 0 Å². The number of hydrogen-bond donors (Lipinski definition) is 0. The third kappa shape index (κ3) is 3.61. The summed E-state index contributed by atoms with van der Waals surface area (Å²) in [5, 5.41) is 0.784. The maximum Gasteiger partial charge on any atom is 0.118 e. The van der Waals surface area contributed by atoms with E-state index in [0.29, 0.717) is 0 Å². The Kier molecular flexibility index (Phi) is 4.49. The third-order valence-corrected chi connectivity index (χ3v) is 3.52. The quantitative estimate of drug-likeness (QED) is 0.813. The normalized spacial score (nSPS) is 11.2. The van der Waals surface area contributed by atoms with Crippen LogP contribution >= 0.6 is 27.5 Å². The van der Waals surface area contributed by atoms with Gasteiger partial charge in [-0.3, -0.25) is 4.90 Å². The van der Waals surface area contributed by atoms with E-state index in [2.05, 4.69) is 27.9 Å². The summed E-state index contributed by atoms with van der Waals surface area (Å²) in [6, 6.07) is 9.95. The zero-order chi connectivity index (χ0) is 13.1. The van der Waals surface area contributed by atoms with Crippen molar-refractivity contribution in [3.63, 3.8) is 0 Å². The lowest BCUT2D eigenvalue weighted by molar-refractivity contribution is 0.285. The lowest BCUT2D eigenvalue weighted by atomic mass is 10.2. The van der Waals surface area contributed by atoms with Gasteiger partial charge in [-0.2, -0.15) is 0 Å². The molecule has 0 aliphatic rings.